The highest BCUT2D eigenvalue weighted by Gasteiger charge is 2.22. The first-order valence-electron chi connectivity index (χ1n) is 8.08. The molecule has 2 atom stereocenters. The number of hydrogen-bond donors (Lipinski definition) is 1. The molecule has 2 heterocycles. The van der Waals surface area contributed by atoms with E-state index >= 15 is 0 Å². The molecule has 0 saturated carbocycles. The van der Waals surface area contributed by atoms with Crippen LogP contribution in [0.15, 0.2) is 12.3 Å². The summed E-state index contributed by atoms with van der Waals surface area (Å²) in [5, 5.41) is 3.62. The van der Waals surface area contributed by atoms with Crippen LogP contribution in [0.1, 0.15) is 33.1 Å². The molecule has 0 radical (unpaired) electrons. The van der Waals surface area contributed by atoms with Gasteiger partial charge in [-0.3, -0.25) is 4.90 Å². The third-order valence-electron chi connectivity index (χ3n) is 4.08. The predicted molar refractivity (Wildman–Crippen MR) is 81.8 cm³/mol. The van der Waals surface area contributed by atoms with Gasteiger partial charge >= 0.3 is 0 Å². The van der Waals surface area contributed by atoms with Crippen molar-refractivity contribution in [1.82, 2.24) is 10.2 Å². The van der Waals surface area contributed by atoms with Gasteiger partial charge in [-0.15, -0.1) is 0 Å². The van der Waals surface area contributed by atoms with Gasteiger partial charge in [-0.1, -0.05) is 13.8 Å². The van der Waals surface area contributed by atoms with Crippen molar-refractivity contribution in [3.63, 3.8) is 0 Å². The number of nitrogens with one attached hydrogen (secondary N) is 1. The summed E-state index contributed by atoms with van der Waals surface area (Å²) < 4.78 is 11.1. The maximum Gasteiger partial charge on any atom is 0.110 e. The lowest BCUT2D eigenvalue weighted by Crippen LogP contribution is -2.49. The van der Waals surface area contributed by atoms with Crippen molar-refractivity contribution < 1.29 is 9.47 Å². The van der Waals surface area contributed by atoms with Crippen molar-refractivity contribution in [3.05, 3.63) is 12.3 Å². The Balaban J connectivity index is 1.73. The number of hydrogen-bond acceptors (Lipinski definition) is 4. The summed E-state index contributed by atoms with van der Waals surface area (Å²) in [6.07, 6.45) is 7.83. The van der Waals surface area contributed by atoms with Crippen LogP contribution >= 0.6 is 0 Å². The fourth-order valence-electron chi connectivity index (χ4n) is 2.99. The first-order valence-corrected chi connectivity index (χ1v) is 8.08. The summed E-state index contributed by atoms with van der Waals surface area (Å²) in [4.78, 5) is 2.58. The largest absolute Gasteiger partial charge is 0.497 e. The fraction of sp³-hybridized carbons (Fsp3) is 0.875. The van der Waals surface area contributed by atoms with Crippen LogP contribution in [0.3, 0.4) is 0 Å². The Kier molecular flexibility index (Phi) is 6.83. The Morgan fingerprint density at radius 1 is 1.30 bits per heavy atom. The third kappa shape index (κ3) is 5.43. The molecule has 4 heteroatoms. The zero-order chi connectivity index (χ0) is 14.2. The van der Waals surface area contributed by atoms with E-state index in [1.165, 1.54) is 6.42 Å². The second kappa shape index (κ2) is 8.65. The quantitative estimate of drug-likeness (QED) is 0.774. The topological polar surface area (TPSA) is 33.7 Å². The van der Waals surface area contributed by atoms with Gasteiger partial charge in [-0.2, -0.15) is 0 Å². The minimum absolute atomic E-state index is 0.351. The molecule has 1 fully saturated rings. The first kappa shape index (κ1) is 15.8. The van der Waals surface area contributed by atoms with Gasteiger partial charge in [0, 0.05) is 32.2 Å². The third-order valence-corrected chi connectivity index (χ3v) is 4.08. The normalized spacial score (nSPS) is 25.6. The highest BCUT2D eigenvalue weighted by atomic mass is 16.5. The Labute approximate surface area is 123 Å². The molecule has 2 rings (SSSR count). The van der Waals surface area contributed by atoms with Gasteiger partial charge in [0.1, 0.15) is 6.10 Å². The Hall–Kier alpha value is -0.580. The summed E-state index contributed by atoms with van der Waals surface area (Å²) in [5.41, 5.74) is 0. The molecule has 0 aromatic heterocycles. The van der Waals surface area contributed by atoms with E-state index in [4.69, 9.17) is 9.47 Å². The zero-order valence-corrected chi connectivity index (χ0v) is 13.0. The number of ether oxygens (including phenoxy) is 2. The maximum atomic E-state index is 5.61. The molecule has 1 N–H and O–H groups in total. The van der Waals surface area contributed by atoms with Crippen molar-refractivity contribution in [2.45, 2.75) is 45.3 Å². The predicted octanol–water partition coefficient (Wildman–Crippen LogP) is 2.02. The standard InChI is InChI=1S/C16H30N2O2/c1-14(2)11-15(18-6-9-19-10-7-18)12-17-13-16-5-3-4-8-20-16/h4,8,14-17H,3,5-7,9-13H2,1-2H3. The molecule has 2 unspecified atom stereocenters. The number of nitrogens with zero attached hydrogens (tertiary/aromatic N) is 1. The summed E-state index contributed by atoms with van der Waals surface area (Å²) in [5.74, 6) is 0.735. The van der Waals surface area contributed by atoms with E-state index in [0.717, 1.165) is 58.2 Å². The molecule has 0 aromatic carbocycles. The summed E-state index contributed by atoms with van der Waals surface area (Å²) >= 11 is 0. The summed E-state index contributed by atoms with van der Waals surface area (Å²) in [6, 6.07) is 0.623. The van der Waals surface area contributed by atoms with Crippen LogP contribution in [0.4, 0.5) is 0 Å². The van der Waals surface area contributed by atoms with Gasteiger partial charge in [0.25, 0.3) is 0 Å². The Bertz CT molecular complexity index is 288. The van der Waals surface area contributed by atoms with Crippen LogP contribution in [-0.2, 0) is 9.47 Å². The molecule has 0 amide bonds. The monoisotopic (exact) mass is 282 g/mol. The van der Waals surface area contributed by atoms with Gasteiger partial charge < -0.3 is 14.8 Å². The molecular weight excluding hydrogens is 252 g/mol. The van der Waals surface area contributed by atoms with Crippen LogP contribution < -0.4 is 5.32 Å². The second-order valence-corrected chi connectivity index (χ2v) is 6.30. The van der Waals surface area contributed by atoms with Crippen LogP contribution in [-0.4, -0.2) is 56.4 Å². The molecule has 2 aliphatic rings. The molecule has 1 saturated heterocycles. The van der Waals surface area contributed by atoms with E-state index in [1.807, 2.05) is 6.26 Å². The average Bonchev–Trinajstić information content (AvgIpc) is 2.48. The summed E-state index contributed by atoms with van der Waals surface area (Å²) in [6.45, 7) is 10.5. The first-order chi connectivity index (χ1) is 9.75. The van der Waals surface area contributed by atoms with E-state index in [-0.39, 0.29) is 0 Å². The average molecular weight is 282 g/mol. The minimum Gasteiger partial charge on any atom is -0.497 e. The lowest BCUT2D eigenvalue weighted by molar-refractivity contribution is 0.0115. The van der Waals surface area contributed by atoms with Crippen molar-refractivity contribution in [2.75, 3.05) is 39.4 Å². The number of allylic oxidation sites excluding steroid dienone is 1. The van der Waals surface area contributed by atoms with Crippen molar-refractivity contribution in [3.8, 4) is 0 Å². The maximum absolute atomic E-state index is 5.61. The molecule has 0 bridgehead atoms. The molecule has 0 spiro atoms. The number of morpholine rings is 1. The van der Waals surface area contributed by atoms with Crippen LogP contribution in [0.5, 0.6) is 0 Å². The summed E-state index contributed by atoms with van der Waals surface area (Å²) in [7, 11) is 0. The SMILES string of the molecule is CC(C)CC(CNCC1CCC=CO1)N1CCOCC1. The van der Waals surface area contributed by atoms with Crippen LogP contribution in [0, 0.1) is 5.92 Å². The molecule has 0 aliphatic carbocycles. The van der Waals surface area contributed by atoms with E-state index in [1.54, 1.807) is 0 Å². The van der Waals surface area contributed by atoms with Gasteiger partial charge in [0.05, 0.1) is 19.5 Å². The highest BCUT2D eigenvalue weighted by Crippen LogP contribution is 2.14. The highest BCUT2D eigenvalue weighted by molar-refractivity contribution is 4.84. The van der Waals surface area contributed by atoms with Gasteiger partial charge in [-0.25, -0.2) is 0 Å². The fourth-order valence-corrected chi connectivity index (χ4v) is 2.99. The van der Waals surface area contributed by atoms with E-state index in [0.29, 0.717) is 12.1 Å². The van der Waals surface area contributed by atoms with Crippen LogP contribution in [0.25, 0.3) is 0 Å². The van der Waals surface area contributed by atoms with E-state index < -0.39 is 0 Å². The molecule has 0 aromatic rings. The van der Waals surface area contributed by atoms with Crippen LogP contribution in [0.2, 0.25) is 0 Å². The molecule has 116 valence electrons. The van der Waals surface area contributed by atoms with Gasteiger partial charge in [0.2, 0.25) is 0 Å². The molecular formula is C16H30N2O2. The molecule has 4 nitrogen and oxygen atoms in total. The van der Waals surface area contributed by atoms with Crippen molar-refractivity contribution in [1.29, 1.82) is 0 Å². The zero-order valence-electron chi connectivity index (χ0n) is 13.0. The van der Waals surface area contributed by atoms with E-state index in [2.05, 4.69) is 30.1 Å². The molecule has 2 aliphatic heterocycles. The van der Waals surface area contributed by atoms with Gasteiger partial charge in [0.15, 0.2) is 0 Å². The molecule has 20 heavy (non-hydrogen) atoms. The lowest BCUT2D eigenvalue weighted by Gasteiger charge is -2.36. The van der Waals surface area contributed by atoms with Crippen molar-refractivity contribution >= 4 is 0 Å². The van der Waals surface area contributed by atoms with Gasteiger partial charge in [-0.05, 0) is 31.3 Å². The minimum atomic E-state index is 0.351. The number of rotatable bonds is 7. The lowest BCUT2D eigenvalue weighted by atomic mass is 10.0. The van der Waals surface area contributed by atoms with Crippen molar-refractivity contribution in [2.24, 2.45) is 5.92 Å². The van der Waals surface area contributed by atoms with E-state index in [9.17, 15) is 0 Å². The second-order valence-electron chi connectivity index (χ2n) is 6.30. The smallest absolute Gasteiger partial charge is 0.110 e. The Morgan fingerprint density at radius 2 is 2.10 bits per heavy atom. The Morgan fingerprint density at radius 3 is 2.75 bits per heavy atom.